The molecule has 1 aliphatic carbocycles. The largest absolute Gasteiger partial charge is 0.363 e. The van der Waals surface area contributed by atoms with Gasteiger partial charge in [-0.2, -0.15) is 0 Å². The molecule has 6 N–H and O–H groups in total. The Balaban J connectivity index is 1.67. The van der Waals surface area contributed by atoms with Crippen molar-refractivity contribution in [1.82, 2.24) is 30.0 Å². The lowest BCUT2D eigenvalue weighted by Crippen LogP contribution is -2.57. The minimum Gasteiger partial charge on any atom is -0.363 e. The zero-order chi connectivity index (χ0) is 22.1. The van der Waals surface area contributed by atoms with E-state index in [0.29, 0.717) is 28.0 Å². The fourth-order valence-electron chi connectivity index (χ4n) is 3.95. The number of anilines is 1. The van der Waals surface area contributed by atoms with Gasteiger partial charge in [0, 0.05) is 36.4 Å². The number of urea groups is 1. The monoisotopic (exact) mass is 447 g/mol. The maximum atomic E-state index is 14.6. The second-order valence-electron chi connectivity index (χ2n) is 7.43. The summed E-state index contributed by atoms with van der Waals surface area (Å²) in [4.78, 5) is 24.7. The van der Waals surface area contributed by atoms with Gasteiger partial charge in [0.25, 0.3) is 0 Å². The quantitative estimate of drug-likeness (QED) is 0.273. The molecule has 2 amide bonds. The Morgan fingerprint density at radius 1 is 1.32 bits per heavy atom. The van der Waals surface area contributed by atoms with Gasteiger partial charge in [0.2, 0.25) is 0 Å². The van der Waals surface area contributed by atoms with Crippen molar-refractivity contribution < 1.29 is 9.18 Å². The third-order valence-electron chi connectivity index (χ3n) is 5.48. The highest BCUT2D eigenvalue weighted by Crippen LogP contribution is 2.30. The van der Waals surface area contributed by atoms with E-state index < -0.39 is 11.8 Å². The topological polar surface area (TPSA) is 140 Å². The van der Waals surface area contributed by atoms with Crippen LogP contribution in [-0.4, -0.2) is 49.8 Å². The van der Waals surface area contributed by atoms with E-state index >= 15 is 0 Å². The molecule has 1 fully saturated rings. The molecule has 4 rings (SSSR count). The maximum absolute atomic E-state index is 14.6. The summed E-state index contributed by atoms with van der Waals surface area (Å²) in [6.45, 7) is 0. The molecule has 0 saturated heterocycles. The van der Waals surface area contributed by atoms with E-state index in [1.807, 2.05) is 0 Å². The minimum atomic E-state index is -0.607. The summed E-state index contributed by atoms with van der Waals surface area (Å²) < 4.78 is 15.9. The number of nitrogens with one attached hydrogen (secondary N) is 2. The number of amides is 2. The molecule has 0 bridgehead atoms. The first kappa shape index (κ1) is 21.1. The van der Waals surface area contributed by atoms with Crippen LogP contribution in [0.25, 0.3) is 22.4 Å². The summed E-state index contributed by atoms with van der Waals surface area (Å²) in [5, 5.41) is 7.89. The molecule has 3 aromatic heterocycles. The third kappa shape index (κ3) is 4.06. The van der Waals surface area contributed by atoms with Crippen LogP contribution < -0.4 is 22.3 Å². The molecule has 0 aliphatic heterocycles. The van der Waals surface area contributed by atoms with E-state index in [9.17, 15) is 9.18 Å². The number of halogens is 2. The van der Waals surface area contributed by atoms with Gasteiger partial charge in [-0.15, -0.1) is 0 Å². The second-order valence-corrected chi connectivity index (χ2v) is 7.87. The van der Waals surface area contributed by atoms with E-state index in [1.54, 1.807) is 12.3 Å². The average molecular weight is 448 g/mol. The Kier molecular flexibility index (Phi) is 5.79. The number of nitrogens with two attached hydrogens (primary N) is 2. The summed E-state index contributed by atoms with van der Waals surface area (Å²) >= 11 is 6.08. The smallest absolute Gasteiger partial charge is 0.331 e. The molecule has 2 unspecified atom stereocenters. The van der Waals surface area contributed by atoms with Crippen LogP contribution in [0.15, 0.2) is 24.7 Å². The first-order valence-electron chi connectivity index (χ1n) is 9.85. The predicted molar refractivity (Wildman–Crippen MR) is 116 cm³/mol. The number of fused-ring (bicyclic) bond motifs is 1. The van der Waals surface area contributed by atoms with Crippen molar-refractivity contribution in [2.75, 3.05) is 18.2 Å². The van der Waals surface area contributed by atoms with Crippen molar-refractivity contribution in [2.45, 2.75) is 37.8 Å². The Bertz CT molecular complexity index is 1120. The highest BCUT2D eigenvalue weighted by molar-refractivity contribution is 6.31. The summed E-state index contributed by atoms with van der Waals surface area (Å²) in [6, 6.07) is 0.735. The van der Waals surface area contributed by atoms with Gasteiger partial charge >= 0.3 is 6.03 Å². The number of carbonyl (C=O) groups is 1. The fourth-order valence-corrected chi connectivity index (χ4v) is 4.11. The molecule has 0 aromatic carbocycles. The Hall–Kier alpha value is -3.18. The van der Waals surface area contributed by atoms with Crippen molar-refractivity contribution >= 4 is 34.5 Å². The van der Waals surface area contributed by atoms with E-state index in [1.165, 1.54) is 17.9 Å². The molecule has 3 aromatic rings. The van der Waals surface area contributed by atoms with Gasteiger partial charge in [-0.05, 0) is 18.9 Å². The van der Waals surface area contributed by atoms with E-state index in [4.69, 9.17) is 23.3 Å². The van der Waals surface area contributed by atoms with Crippen LogP contribution in [0, 0.1) is 5.82 Å². The van der Waals surface area contributed by atoms with Crippen molar-refractivity contribution in [1.29, 1.82) is 0 Å². The number of nitrogen functional groups attached to an aromatic ring is 1. The SMILES string of the molecule is CNC(=O)N(N)C1CCCCC1Nc1nc(-c2cn(N)c3ncc(Cl)cc23)ncc1F. The number of pyridine rings is 1. The van der Waals surface area contributed by atoms with Gasteiger partial charge in [0.1, 0.15) is 0 Å². The van der Waals surface area contributed by atoms with Crippen LogP contribution >= 0.6 is 11.6 Å². The zero-order valence-corrected chi connectivity index (χ0v) is 17.6. The fraction of sp³-hybridized carbons (Fsp3) is 0.368. The Morgan fingerprint density at radius 2 is 2.10 bits per heavy atom. The number of hydrogen-bond donors (Lipinski definition) is 4. The summed E-state index contributed by atoms with van der Waals surface area (Å²) in [7, 11) is 1.51. The Morgan fingerprint density at radius 3 is 2.87 bits per heavy atom. The summed E-state index contributed by atoms with van der Waals surface area (Å²) in [6.07, 6.45) is 7.47. The second kappa shape index (κ2) is 8.52. The van der Waals surface area contributed by atoms with Crippen molar-refractivity contribution in [3.63, 3.8) is 0 Å². The maximum Gasteiger partial charge on any atom is 0.331 e. The van der Waals surface area contributed by atoms with E-state index in [-0.39, 0.29) is 23.7 Å². The number of carbonyl (C=O) groups excluding carboxylic acids is 1. The molecule has 164 valence electrons. The van der Waals surface area contributed by atoms with Crippen LogP contribution in [0.5, 0.6) is 0 Å². The van der Waals surface area contributed by atoms with Gasteiger partial charge in [-0.3, -0.25) is 9.69 Å². The third-order valence-corrected chi connectivity index (χ3v) is 5.69. The molecule has 0 spiro atoms. The van der Waals surface area contributed by atoms with E-state index in [0.717, 1.165) is 30.5 Å². The molecule has 0 radical (unpaired) electrons. The minimum absolute atomic E-state index is 0.0279. The molecule has 12 heteroatoms. The number of rotatable bonds is 4. The van der Waals surface area contributed by atoms with Crippen LogP contribution in [0.3, 0.4) is 0 Å². The van der Waals surface area contributed by atoms with Crippen molar-refractivity contribution in [3.05, 3.63) is 35.5 Å². The van der Waals surface area contributed by atoms with Gasteiger partial charge in [0.05, 0.1) is 17.3 Å². The Labute approximate surface area is 182 Å². The summed E-state index contributed by atoms with van der Waals surface area (Å²) in [5.74, 6) is 11.7. The highest BCUT2D eigenvalue weighted by atomic mass is 35.5. The normalized spacial score (nSPS) is 18.7. The van der Waals surface area contributed by atoms with Gasteiger partial charge in [-0.25, -0.2) is 30.0 Å². The molecule has 3 heterocycles. The molecule has 31 heavy (non-hydrogen) atoms. The lowest BCUT2D eigenvalue weighted by atomic mass is 9.90. The van der Waals surface area contributed by atoms with Crippen LogP contribution in [-0.2, 0) is 0 Å². The molecule has 1 aliphatic rings. The lowest BCUT2D eigenvalue weighted by molar-refractivity contribution is 0.151. The average Bonchev–Trinajstić information content (AvgIpc) is 3.10. The first-order chi connectivity index (χ1) is 14.9. The van der Waals surface area contributed by atoms with Gasteiger partial charge in [-0.1, -0.05) is 24.4 Å². The number of hydrazine groups is 1. The molecular formula is C19H23ClFN9O. The van der Waals surface area contributed by atoms with Crippen molar-refractivity contribution in [3.8, 4) is 11.4 Å². The van der Waals surface area contributed by atoms with E-state index in [2.05, 4.69) is 25.6 Å². The molecule has 10 nitrogen and oxygen atoms in total. The lowest BCUT2D eigenvalue weighted by Gasteiger charge is -2.37. The van der Waals surface area contributed by atoms with Gasteiger partial charge < -0.3 is 16.5 Å². The molecule has 1 saturated carbocycles. The van der Waals surface area contributed by atoms with Crippen LogP contribution in [0.2, 0.25) is 5.02 Å². The summed E-state index contributed by atoms with van der Waals surface area (Å²) in [5.41, 5.74) is 1.07. The number of nitrogens with zero attached hydrogens (tertiary/aromatic N) is 5. The van der Waals surface area contributed by atoms with Crippen LogP contribution in [0.1, 0.15) is 25.7 Å². The van der Waals surface area contributed by atoms with Crippen molar-refractivity contribution in [2.24, 2.45) is 5.84 Å². The van der Waals surface area contributed by atoms with Crippen LogP contribution in [0.4, 0.5) is 15.0 Å². The van der Waals surface area contributed by atoms with Gasteiger partial charge in [0.15, 0.2) is 23.1 Å². The standard InChI is InChI=1S/C19H23ClFN9O/c1-24-19(31)30(23)15-5-3-2-4-14(15)27-17-13(21)8-25-16(28-17)12-9-29(22)18-11(12)6-10(20)7-26-18/h6-9,14-15H,2-5,22-23H2,1H3,(H,24,31)(H,25,27,28). The molecular weight excluding hydrogens is 425 g/mol. The first-order valence-corrected chi connectivity index (χ1v) is 10.2. The predicted octanol–water partition coefficient (Wildman–Crippen LogP) is 2.24. The number of hydrogen-bond acceptors (Lipinski definition) is 7. The molecule has 2 atom stereocenters. The zero-order valence-electron chi connectivity index (χ0n) is 16.8. The number of aromatic nitrogens is 4. The highest BCUT2D eigenvalue weighted by Gasteiger charge is 2.32.